The van der Waals surface area contributed by atoms with Gasteiger partial charge in [-0.1, -0.05) is 17.7 Å². The van der Waals surface area contributed by atoms with Gasteiger partial charge in [-0.05, 0) is 18.2 Å². The van der Waals surface area contributed by atoms with Gasteiger partial charge in [0.1, 0.15) is 17.9 Å². The number of hydrogen-bond acceptors (Lipinski definition) is 4. The maximum atomic E-state index is 12.1. The molecule has 1 N–H and O–H groups in total. The van der Waals surface area contributed by atoms with Gasteiger partial charge in [-0.15, -0.1) is 0 Å². The molecular formula is C14H11ClN2O3. The summed E-state index contributed by atoms with van der Waals surface area (Å²) in [4.78, 5) is 26.7. The van der Waals surface area contributed by atoms with Crippen LogP contribution in [-0.4, -0.2) is 24.3 Å². The minimum absolute atomic E-state index is 0.204. The molecule has 0 bridgehead atoms. The van der Waals surface area contributed by atoms with Crippen molar-refractivity contribution in [3.05, 3.63) is 52.7 Å². The maximum Gasteiger partial charge on any atom is 0.258 e. The fourth-order valence-electron chi connectivity index (χ4n) is 1.58. The number of carbonyl (C=O) groups excluding carboxylic acids is 2. The zero-order valence-electron chi connectivity index (χ0n) is 10.6. The zero-order valence-corrected chi connectivity index (χ0v) is 11.3. The van der Waals surface area contributed by atoms with Crippen molar-refractivity contribution in [3.8, 4) is 5.75 Å². The molecule has 0 aliphatic heterocycles. The third-order valence-electron chi connectivity index (χ3n) is 2.58. The van der Waals surface area contributed by atoms with Crippen molar-refractivity contribution >= 4 is 29.6 Å². The SMILES string of the molecule is COc1ccnc(NC(=O)c2ccc(C=O)cc2Cl)c1. The fraction of sp³-hybridized carbons (Fsp3) is 0.0714. The summed E-state index contributed by atoms with van der Waals surface area (Å²) in [5.41, 5.74) is 0.674. The van der Waals surface area contributed by atoms with Crippen LogP contribution < -0.4 is 10.1 Å². The molecule has 0 atom stereocenters. The van der Waals surface area contributed by atoms with Gasteiger partial charge < -0.3 is 10.1 Å². The summed E-state index contributed by atoms with van der Waals surface area (Å²) < 4.78 is 5.04. The third-order valence-corrected chi connectivity index (χ3v) is 2.90. The molecule has 0 aliphatic rings. The van der Waals surface area contributed by atoms with E-state index < -0.39 is 5.91 Å². The van der Waals surface area contributed by atoms with Crippen LogP contribution in [0, 0.1) is 0 Å². The van der Waals surface area contributed by atoms with Crippen LogP contribution in [0.1, 0.15) is 20.7 Å². The standard InChI is InChI=1S/C14H11ClN2O3/c1-20-10-4-5-16-13(7-10)17-14(19)11-3-2-9(8-18)6-12(11)15/h2-8H,1H3,(H,16,17,19). The quantitative estimate of drug-likeness (QED) is 0.879. The second-order valence-corrected chi connectivity index (χ2v) is 4.30. The van der Waals surface area contributed by atoms with Crippen molar-refractivity contribution in [2.45, 2.75) is 0 Å². The lowest BCUT2D eigenvalue weighted by Gasteiger charge is -2.07. The van der Waals surface area contributed by atoms with Crippen LogP contribution in [0.3, 0.4) is 0 Å². The van der Waals surface area contributed by atoms with E-state index in [4.69, 9.17) is 16.3 Å². The van der Waals surface area contributed by atoms with Crippen LogP contribution in [0.25, 0.3) is 0 Å². The zero-order chi connectivity index (χ0) is 14.5. The van der Waals surface area contributed by atoms with Crippen molar-refractivity contribution < 1.29 is 14.3 Å². The second-order valence-electron chi connectivity index (χ2n) is 3.89. The number of aromatic nitrogens is 1. The van der Waals surface area contributed by atoms with Gasteiger partial charge in [-0.3, -0.25) is 9.59 Å². The third kappa shape index (κ3) is 3.13. The van der Waals surface area contributed by atoms with Gasteiger partial charge in [0, 0.05) is 17.8 Å². The number of hydrogen-bond donors (Lipinski definition) is 1. The molecule has 102 valence electrons. The van der Waals surface area contributed by atoms with Crippen LogP contribution in [0.2, 0.25) is 5.02 Å². The summed E-state index contributed by atoms with van der Waals surface area (Å²) in [6.45, 7) is 0. The molecule has 0 fully saturated rings. The first-order valence-electron chi connectivity index (χ1n) is 5.70. The van der Waals surface area contributed by atoms with E-state index in [-0.39, 0.29) is 10.6 Å². The van der Waals surface area contributed by atoms with E-state index in [0.717, 1.165) is 0 Å². The Morgan fingerprint density at radius 2 is 2.15 bits per heavy atom. The van der Waals surface area contributed by atoms with Crippen molar-refractivity contribution in [1.29, 1.82) is 0 Å². The summed E-state index contributed by atoms with van der Waals surface area (Å²) >= 11 is 5.96. The van der Waals surface area contributed by atoms with E-state index in [1.54, 1.807) is 12.1 Å². The monoisotopic (exact) mass is 290 g/mol. The van der Waals surface area contributed by atoms with E-state index in [1.165, 1.54) is 31.5 Å². The van der Waals surface area contributed by atoms with Crippen LogP contribution in [-0.2, 0) is 0 Å². The minimum Gasteiger partial charge on any atom is -0.497 e. The van der Waals surface area contributed by atoms with Crippen LogP contribution in [0.15, 0.2) is 36.5 Å². The average molecular weight is 291 g/mol. The van der Waals surface area contributed by atoms with Gasteiger partial charge >= 0.3 is 0 Å². The number of anilines is 1. The van der Waals surface area contributed by atoms with Gasteiger partial charge in [-0.25, -0.2) is 4.98 Å². The molecule has 6 heteroatoms. The molecule has 0 unspecified atom stereocenters. The first kappa shape index (κ1) is 14.0. The number of carbonyl (C=O) groups is 2. The van der Waals surface area contributed by atoms with E-state index >= 15 is 0 Å². The van der Waals surface area contributed by atoms with E-state index in [2.05, 4.69) is 10.3 Å². The van der Waals surface area contributed by atoms with Crippen molar-refractivity contribution in [2.75, 3.05) is 12.4 Å². The molecule has 0 aliphatic carbocycles. The van der Waals surface area contributed by atoms with Crippen LogP contribution >= 0.6 is 11.6 Å². The molecular weight excluding hydrogens is 280 g/mol. The van der Waals surface area contributed by atoms with Crippen molar-refractivity contribution in [3.63, 3.8) is 0 Å². The highest BCUT2D eigenvalue weighted by molar-refractivity contribution is 6.34. The fourth-order valence-corrected chi connectivity index (χ4v) is 1.85. The summed E-state index contributed by atoms with van der Waals surface area (Å²) in [5, 5.41) is 2.81. The van der Waals surface area contributed by atoms with Crippen molar-refractivity contribution in [1.82, 2.24) is 4.98 Å². The molecule has 5 nitrogen and oxygen atoms in total. The summed E-state index contributed by atoms with van der Waals surface area (Å²) in [6, 6.07) is 7.70. The van der Waals surface area contributed by atoms with Gasteiger partial charge in [0.2, 0.25) is 0 Å². The summed E-state index contributed by atoms with van der Waals surface area (Å²) in [6.07, 6.45) is 2.18. The molecule has 0 saturated heterocycles. The molecule has 20 heavy (non-hydrogen) atoms. The molecule has 1 heterocycles. The van der Waals surface area contributed by atoms with Crippen molar-refractivity contribution in [2.24, 2.45) is 0 Å². The molecule has 1 aromatic heterocycles. The highest BCUT2D eigenvalue weighted by Crippen LogP contribution is 2.19. The molecule has 2 rings (SSSR count). The Hall–Kier alpha value is -2.40. The first-order chi connectivity index (χ1) is 9.63. The Kier molecular flexibility index (Phi) is 4.32. The Morgan fingerprint density at radius 1 is 1.35 bits per heavy atom. The number of ether oxygens (including phenoxy) is 1. The second kappa shape index (κ2) is 6.16. The molecule has 1 amide bonds. The highest BCUT2D eigenvalue weighted by atomic mass is 35.5. The number of nitrogens with zero attached hydrogens (tertiary/aromatic N) is 1. The Labute approximate surface area is 120 Å². The van der Waals surface area contributed by atoms with E-state index in [1.807, 2.05) is 0 Å². The number of aldehydes is 1. The van der Waals surface area contributed by atoms with Crippen LogP contribution in [0.4, 0.5) is 5.82 Å². The number of nitrogens with one attached hydrogen (secondary N) is 1. The molecule has 2 aromatic rings. The predicted molar refractivity (Wildman–Crippen MR) is 75.6 cm³/mol. The lowest BCUT2D eigenvalue weighted by atomic mass is 10.1. The topological polar surface area (TPSA) is 68.3 Å². The molecule has 0 saturated carbocycles. The Balaban J connectivity index is 2.21. The van der Waals surface area contributed by atoms with Gasteiger partial charge in [0.05, 0.1) is 17.7 Å². The minimum atomic E-state index is -0.409. The summed E-state index contributed by atoms with van der Waals surface area (Å²) in [7, 11) is 1.52. The van der Waals surface area contributed by atoms with Crippen LogP contribution in [0.5, 0.6) is 5.75 Å². The molecule has 1 aromatic carbocycles. The normalized spacial score (nSPS) is 9.90. The maximum absolute atomic E-state index is 12.1. The highest BCUT2D eigenvalue weighted by Gasteiger charge is 2.12. The lowest BCUT2D eigenvalue weighted by molar-refractivity contribution is 0.102. The Morgan fingerprint density at radius 3 is 2.80 bits per heavy atom. The number of halogens is 1. The number of benzene rings is 1. The first-order valence-corrected chi connectivity index (χ1v) is 6.08. The predicted octanol–water partition coefficient (Wildman–Crippen LogP) is 2.81. The number of rotatable bonds is 4. The summed E-state index contributed by atoms with van der Waals surface area (Å²) in [5.74, 6) is 0.524. The molecule has 0 radical (unpaired) electrons. The Bertz CT molecular complexity index is 659. The van der Waals surface area contributed by atoms with E-state index in [0.29, 0.717) is 23.4 Å². The largest absolute Gasteiger partial charge is 0.497 e. The van der Waals surface area contributed by atoms with Gasteiger partial charge in [0.15, 0.2) is 0 Å². The average Bonchev–Trinajstić information content (AvgIpc) is 2.47. The number of amides is 1. The van der Waals surface area contributed by atoms with Gasteiger partial charge in [0.25, 0.3) is 5.91 Å². The van der Waals surface area contributed by atoms with Gasteiger partial charge in [-0.2, -0.15) is 0 Å². The smallest absolute Gasteiger partial charge is 0.258 e. The number of pyridine rings is 1. The lowest BCUT2D eigenvalue weighted by Crippen LogP contribution is -2.13. The van der Waals surface area contributed by atoms with E-state index in [9.17, 15) is 9.59 Å². The molecule has 0 spiro atoms. The number of methoxy groups -OCH3 is 1.